The summed E-state index contributed by atoms with van der Waals surface area (Å²) in [6, 6.07) is 14.0. The maximum absolute atomic E-state index is 12.8. The van der Waals surface area contributed by atoms with Gasteiger partial charge in [-0.1, -0.05) is 24.3 Å². The van der Waals surface area contributed by atoms with Gasteiger partial charge in [-0.15, -0.1) is 0 Å². The van der Waals surface area contributed by atoms with Crippen molar-refractivity contribution in [2.24, 2.45) is 0 Å². The highest BCUT2D eigenvalue weighted by Crippen LogP contribution is 2.30. The van der Waals surface area contributed by atoms with Gasteiger partial charge in [-0.2, -0.15) is 0 Å². The highest BCUT2D eigenvalue weighted by molar-refractivity contribution is 6.25. The lowest BCUT2D eigenvalue weighted by atomic mass is 9.94. The molecule has 0 radical (unpaired) electrons. The van der Waals surface area contributed by atoms with Crippen LogP contribution in [0, 0.1) is 0 Å². The standard InChI is InChI=1S/C24H21N3O5/c28-20(32-14-12-26-22(29)17-7-3-11-25-15-17)10-4-13-27-23(30)18-8-1-5-16-6-2-9-19(21(16)18)24(27)31/h1-3,5-9,11,15H,4,10,12-14H2,(H,26,29). The van der Waals surface area contributed by atoms with E-state index in [1.165, 1.54) is 11.1 Å². The third kappa shape index (κ3) is 4.34. The van der Waals surface area contributed by atoms with Crippen LogP contribution in [0.3, 0.4) is 0 Å². The Morgan fingerprint density at radius 1 is 0.969 bits per heavy atom. The normalized spacial score (nSPS) is 12.7. The van der Waals surface area contributed by atoms with Gasteiger partial charge in [-0.3, -0.25) is 29.1 Å². The van der Waals surface area contributed by atoms with E-state index in [4.69, 9.17) is 4.74 Å². The summed E-state index contributed by atoms with van der Waals surface area (Å²) in [5.74, 6) is -1.47. The molecule has 32 heavy (non-hydrogen) atoms. The number of rotatable bonds is 8. The van der Waals surface area contributed by atoms with Gasteiger partial charge in [0.2, 0.25) is 0 Å². The predicted octanol–water partition coefficient (Wildman–Crippen LogP) is 2.58. The molecule has 0 bridgehead atoms. The Morgan fingerprint density at radius 3 is 2.34 bits per heavy atom. The molecule has 0 unspecified atom stereocenters. The van der Waals surface area contributed by atoms with Crippen molar-refractivity contribution in [3.05, 3.63) is 77.6 Å². The highest BCUT2D eigenvalue weighted by Gasteiger charge is 2.32. The minimum absolute atomic E-state index is 0.0295. The molecule has 0 atom stereocenters. The molecule has 8 heteroatoms. The number of aromatic nitrogens is 1. The Morgan fingerprint density at radius 2 is 1.69 bits per heavy atom. The Labute approximate surface area is 184 Å². The molecule has 8 nitrogen and oxygen atoms in total. The average Bonchev–Trinajstić information content (AvgIpc) is 2.82. The summed E-state index contributed by atoms with van der Waals surface area (Å²) < 4.78 is 5.12. The number of ether oxygens (including phenoxy) is 1. The van der Waals surface area contributed by atoms with Gasteiger partial charge >= 0.3 is 5.97 Å². The van der Waals surface area contributed by atoms with Crippen molar-refractivity contribution in [3.8, 4) is 0 Å². The molecule has 1 aliphatic heterocycles. The zero-order valence-electron chi connectivity index (χ0n) is 17.2. The van der Waals surface area contributed by atoms with Crippen LogP contribution in [0.15, 0.2) is 60.9 Å². The molecular weight excluding hydrogens is 410 g/mol. The summed E-state index contributed by atoms with van der Waals surface area (Å²) >= 11 is 0. The number of nitrogens with zero attached hydrogens (tertiary/aromatic N) is 2. The first-order valence-electron chi connectivity index (χ1n) is 10.3. The first kappa shape index (κ1) is 21.2. The van der Waals surface area contributed by atoms with E-state index in [0.717, 1.165) is 5.39 Å². The molecule has 0 saturated heterocycles. The third-order valence-corrected chi connectivity index (χ3v) is 5.19. The van der Waals surface area contributed by atoms with Crippen LogP contribution in [-0.2, 0) is 9.53 Å². The van der Waals surface area contributed by atoms with Crippen LogP contribution in [0.25, 0.3) is 10.8 Å². The number of hydrogen-bond acceptors (Lipinski definition) is 6. The van der Waals surface area contributed by atoms with Crippen molar-refractivity contribution in [3.63, 3.8) is 0 Å². The molecule has 3 aromatic rings. The lowest BCUT2D eigenvalue weighted by Gasteiger charge is -2.27. The Kier molecular flexibility index (Phi) is 6.21. The van der Waals surface area contributed by atoms with Gasteiger partial charge in [0.15, 0.2) is 0 Å². The lowest BCUT2D eigenvalue weighted by molar-refractivity contribution is -0.143. The molecule has 0 spiro atoms. The molecule has 0 aliphatic carbocycles. The van der Waals surface area contributed by atoms with Gasteiger partial charge in [0.05, 0.1) is 12.1 Å². The lowest BCUT2D eigenvalue weighted by Crippen LogP contribution is -2.41. The number of carbonyl (C=O) groups excluding carboxylic acids is 4. The largest absolute Gasteiger partial charge is 0.464 e. The van der Waals surface area contributed by atoms with Gasteiger partial charge in [-0.25, -0.2) is 0 Å². The zero-order chi connectivity index (χ0) is 22.5. The van der Waals surface area contributed by atoms with Crippen molar-refractivity contribution in [1.82, 2.24) is 15.2 Å². The molecule has 4 rings (SSSR count). The highest BCUT2D eigenvalue weighted by atomic mass is 16.5. The summed E-state index contributed by atoms with van der Waals surface area (Å²) in [6.45, 7) is 0.320. The summed E-state index contributed by atoms with van der Waals surface area (Å²) in [5.41, 5.74) is 1.40. The maximum atomic E-state index is 12.8. The third-order valence-electron chi connectivity index (χ3n) is 5.19. The maximum Gasteiger partial charge on any atom is 0.305 e. The second kappa shape index (κ2) is 9.38. The molecule has 1 aromatic heterocycles. The average molecular weight is 431 g/mol. The number of esters is 1. The topological polar surface area (TPSA) is 106 Å². The van der Waals surface area contributed by atoms with E-state index in [2.05, 4.69) is 10.3 Å². The van der Waals surface area contributed by atoms with Crippen LogP contribution in [0.2, 0.25) is 0 Å². The van der Waals surface area contributed by atoms with Gasteiger partial charge in [-0.05, 0) is 36.1 Å². The van der Waals surface area contributed by atoms with Crippen LogP contribution in [0.4, 0.5) is 0 Å². The smallest absolute Gasteiger partial charge is 0.305 e. The van der Waals surface area contributed by atoms with E-state index in [-0.39, 0.29) is 50.3 Å². The van der Waals surface area contributed by atoms with E-state index in [1.54, 1.807) is 42.6 Å². The zero-order valence-corrected chi connectivity index (χ0v) is 17.2. The van der Waals surface area contributed by atoms with Crippen LogP contribution in [0.5, 0.6) is 0 Å². The minimum atomic E-state index is -0.458. The van der Waals surface area contributed by atoms with Crippen molar-refractivity contribution < 1.29 is 23.9 Å². The summed E-state index contributed by atoms with van der Waals surface area (Å²) in [6.07, 6.45) is 3.36. The van der Waals surface area contributed by atoms with Gasteiger partial charge in [0.1, 0.15) is 6.61 Å². The quantitative estimate of drug-likeness (QED) is 0.334. The Bertz CT molecular complexity index is 1140. The molecule has 1 aliphatic rings. The first-order chi connectivity index (χ1) is 15.6. The monoisotopic (exact) mass is 431 g/mol. The fraction of sp³-hybridized carbons (Fsp3) is 0.208. The molecule has 162 valence electrons. The number of benzene rings is 2. The van der Waals surface area contributed by atoms with E-state index in [0.29, 0.717) is 22.1 Å². The van der Waals surface area contributed by atoms with Crippen LogP contribution >= 0.6 is 0 Å². The Balaban J connectivity index is 1.24. The first-order valence-corrected chi connectivity index (χ1v) is 10.3. The number of carbonyl (C=O) groups is 4. The number of imide groups is 1. The number of nitrogens with one attached hydrogen (secondary N) is 1. The van der Waals surface area contributed by atoms with E-state index in [9.17, 15) is 19.2 Å². The van der Waals surface area contributed by atoms with Crippen LogP contribution < -0.4 is 5.32 Å². The number of hydrogen-bond donors (Lipinski definition) is 1. The van der Waals surface area contributed by atoms with E-state index in [1.807, 2.05) is 12.1 Å². The van der Waals surface area contributed by atoms with E-state index >= 15 is 0 Å². The molecular formula is C24H21N3O5. The van der Waals surface area contributed by atoms with Crippen LogP contribution in [0.1, 0.15) is 43.9 Å². The number of pyridine rings is 1. The molecule has 2 heterocycles. The fourth-order valence-electron chi connectivity index (χ4n) is 3.67. The van der Waals surface area contributed by atoms with Crippen molar-refractivity contribution in [2.75, 3.05) is 19.7 Å². The minimum Gasteiger partial charge on any atom is -0.464 e. The molecule has 0 saturated carbocycles. The molecule has 1 N–H and O–H groups in total. The second-order valence-electron chi connectivity index (χ2n) is 7.29. The summed E-state index contributed by atoms with van der Waals surface area (Å²) in [4.78, 5) is 54.6. The Hall–Kier alpha value is -4.07. The van der Waals surface area contributed by atoms with Gasteiger partial charge in [0.25, 0.3) is 17.7 Å². The second-order valence-corrected chi connectivity index (χ2v) is 7.29. The van der Waals surface area contributed by atoms with E-state index < -0.39 is 5.97 Å². The predicted molar refractivity (Wildman–Crippen MR) is 116 cm³/mol. The van der Waals surface area contributed by atoms with Gasteiger partial charge < -0.3 is 10.1 Å². The molecule has 3 amide bonds. The fourth-order valence-corrected chi connectivity index (χ4v) is 3.67. The number of amides is 3. The molecule has 2 aromatic carbocycles. The van der Waals surface area contributed by atoms with Crippen molar-refractivity contribution in [2.45, 2.75) is 12.8 Å². The van der Waals surface area contributed by atoms with Crippen LogP contribution in [-0.4, -0.2) is 53.3 Å². The van der Waals surface area contributed by atoms with Gasteiger partial charge in [0, 0.05) is 41.9 Å². The summed E-state index contributed by atoms with van der Waals surface area (Å²) in [7, 11) is 0. The van der Waals surface area contributed by atoms with Crippen molar-refractivity contribution in [1.29, 1.82) is 0 Å². The SMILES string of the molecule is O=C(CCCN1C(=O)c2cccc3cccc(c23)C1=O)OCCNC(=O)c1cccnc1. The summed E-state index contributed by atoms with van der Waals surface area (Å²) in [5, 5.41) is 4.16. The molecule has 0 fully saturated rings. The van der Waals surface area contributed by atoms with Crippen molar-refractivity contribution >= 4 is 34.5 Å².